The van der Waals surface area contributed by atoms with Crippen molar-refractivity contribution in [3.05, 3.63) is 59.4 Å². The van der Waals surface area contributed by atoms with Crippen LogP contribution < -0.4 is 5.73 Å². The summed E-state index contributed by atoms with van der Waals surface area (Å²) in [5.74, 6) is -0.356. The SMILES string of the molecule is N#Cc1cc(-c2cncc(Cl)c2)c2ncn(C/C(F)=C/CN)c2c1. The molecule has 3 aromatic rings. The minimum absolute atomic E-state index is 0.00974. The van der Waals surface area contributed by atoms with Crippen LogP contribution in [0.3, 0.4) is 0 Å². The van der Waals surface area contributed by atoms with Gasteiger partial charge in [0.25, 0.3) is 0 Å². The van der Waals surface area contributed by atoms with Gasteiger partial charge in [-0.25, -0.2) is 9.37 Å². The Bertz CT molecular complexity index is 971. The average molecular weight is 342 g/mol. The zero-order valence-electron chi connectivity index (χ0n) is 12.6. The number of rotatable bonds is 4. The van der Waals surface area contributed by atoms with E-state index < -0.39 is 0 Å². The van der Waals surface area contributed by atoms with Gasteiger partial charge in [-0.3, -0.25) is 4.98 Å². The van der Waals surface area contributed by atoms with Crippen LogP contribution in [0.25, 0.3) is 22.2 Å². The first kappa shape index (κ1) is 16.1. The van der Waals surface area contributed by atoms with Gasteiger partial charge in [0.15, 0.2) is 0 Å². The third-order valence-electron chi connectivity index (χ3n) is 3.53. The molecule has 0 bridgehead atoms. The Morgan fingerprint density at radius 2 is 2.21 bits per heavy atom. The van der Waals surface area contributed by atoms with Crippen LogP contribution in [-0.2, 0) is 6.54 Å². The summed E-state index contributed by atoms with van der Waals surface area (Å²) in [7, 11) is 0. The van der Waals surface area contributed by atoms with Crippen LogP contribution in [0, 0.1) is 11.3 Å². The van der Waals surface area contributed by atoms with E-state index in [0.717, 1.165) is 11.1 Å². The molecule has 2 aromatic heterocycles. The van der Waals surface area contributed by atoms with Crippen molar-refractivity contribution in [3.8, 4) is 17.2 Å². The topological polar surface area (TPSA) is 80.5 Å². The van der Waals surface area contributed by atoms with Crippen LogP contribution >= 0.6 is 11.6 Å². The Hall–Kier alpha value is -2.75. The van der Waals surface area contributed by atoms with Gasteiger partial charge in [-0.2, -0.15) is 5.26 Å². The number of imidazole rings is 1. The molecule has 120 valence electrons. The highest BCUT2D eigenvalue weighted by Gasteiger charge is 2.13. The number of pyridine rings is 1. The Labute approximate surface area is 142 Å². The van der Waals surface area contributed by atoms with Crippen molar-refractivity contribution in [3.63, 3.8) is 0 Å². The summed E-state index contributed by atoms with van der Waals surface area (Å²) in [4.78, 5) is 8.44. The summed E-state index contributed by atoms with van der Waals surface area (Å²) in [5.41, 5.74) is 8.55. The van der Waals surface area contributed by atoms with E-state index in [1.165, 1.54) is 18.6 Å². The second-order valence-electron chi connectivity index (χ2n) is 5.15. The normalized spacial score (nSPS) is 11.7. The predicted molar refractivity (Wildman–Crippen MR) is 90.9 cm³/mol. The lowest BCUT2D eigenvalue weighted by atomic mass is 10.0. The quantitative estimate of drug-likeness (QED) is 0.788. The standard InChI is InChI=1S/C17H13ClFN5/c18-13-5-12(7-22-8-13)15-3-11(6-21)4-16-17(15)23-10-24(16)9-14(19)1-2-20/h1,3-5,7-8,10H,2,9,20H2/b14-1-. The van der Waals surface area contributed by atoms with Crippen LogP contribution in [0.2, 0.25) is 5.02 Å². The van der Waals surface area contributed by atoms with Gasteiger partial charge < -0.3 is 10.3 Å². The molecule has 0 saturated carbocycles. The molecule has 0 spiro atoms. The molecule has 0 radical (unpaired) electrons. The Balaban J connectivity index is 2.19. The molecule has 2 heterocycles. The number of nitrogens with two attached hydrogens (primary N) is 1. The number of aromatic nitrogens is 3. The maximum atomic E-state index is 13.8. The number of benzene rings is 1. The summed E-state index contributed by atoms with van der Waals surface area (Å²) < 4.78 is 15.4. The van der Waals surface area contributed by atoms with Crippen molar-refractivity contribution in [2.45, 2.75) is 6.54 Å². The molecule has 0 unspecified atom stereocenters. The molecule has 1 aromatic carbocycles. The van der Waals surface area contributed by atoms with Gasteiger partial charge in [0.1, 0.15) is 5.83 Å². The fourth-order valence-corrected chi connectivity index (χ4v) is 2.66. The van der Waals surface area contributed by atoms with E-state index in [1.807, 2.05) is 0 Å². The highest BCUT2D eigenvalue weighted by atomic mass is 35.5. The van der Waals surface area contributed by atoms with Crippen molar-refractivity contribution in [2.24, 2.45) is 5.73 Å². The maximum absolute atomic E-state index is 13.8. The zero-order chi connectivity index (χ0) is 17.1. The Morgan fingerprint density at radius 1 is 1.38 bits per heavy atom. The second kappa shape index (κ2) is 6.79. The predicted octanol–water partition coefficient (Wildman–Crippen LogP) is 3.44. The summed E-state index contributed by atoms with van der Waals surface area (Å²) in [6, 6.07) is 7.27. The van der Waals surface area contributed by atoms with Crippen molar-refractivity contribution in [1.82, 2.24) is 14.5 Å². The van der Waals surface area contributed by atoms with Gasteiger partial charge >= 0.3 is 0 Å². The van der Waals surface area contributed by atoms with Crippen molar-refractivity contribution < 1.29 is 4.39 Å². The van der Waals surface area contributed by atoms with E-state index >= 15 is 0 Å². The summed E-state index contributed by atoms with van der Waals surface area (Å²) in [5, 5.41) is 9.78. The number of hydrogen-bond donors (Lipinski definition) is 1. The van der Waals surface area contributed by atoms with E-state index in [0.29, 0.717) is 21.6 Å². The zero-order valence-corrected chi connectivity index (χ0v) is 13.3. The Kier molecular flexibility index (Phi) is 4.56. The fourth-order valence-electron chi connectivity index (χ4n) is 2.49. The number of hydrogen-bond acceptors (Lipinski definition) is 4. The molecular formula is C17H13ClFN5. The number of halogens is 2. The van der Waals surface area contributed by atoms with E-state index in [1.54, 1.807) is 29.0 Å². The molecule has 0 atom stereocenters. The Morgan fingerprint density at radius 3 is 2.92 bits per heavy atom. The molecule has 0 aliphatic carbocycles. The third kappa shape index (κ3) is 3.13. The molecule has 7 heteroatoms. The van der Waals surface area contributed by atoms with Crippen LogP contribution in [0.4, 0.5) is 4.39 Å². The van der Waals surface area contributed by atoms with Gasteiger partial charge in [0.05, 0.1) is 40.6 Å². The number of nitrogens with zero attached hydrogens (tertiary/aromatic N) is 4. The van der Waals surface area contributed by atoms with Gasteiger partial charge in [0.2, 0.25) is 0 Å². The first-order valence-corrected chi connectivity index (χ1v) is 7.54. The number of fused-ring (bicyclic) bond motifs is 1. The first-order chi connectivity index (χ1) is 11.6. The van der Waals surface area contributed by atoms with Gasteiger partial charge in [0, 0.05) is 30.1 Å². The first-order valence-electron chi connectivity index (χ1n) is 7.17. The van der Waals surface area contributed by atoms with E-state index in [4.69, 9.17) is 17.3 Å². The average Bonchev–Trinajstić information content (AvgIpc) is 2.97. The number of allylic oxidation sites excluding steroid dienone is 1. The largest absolute Gasteiger partial charge is 0.327 e. The molecule has 0 amide bonds. The maximum Gasteiger partial charge on any atom is 0.117 e. The van der Waals surface area contributed by atoms with Crippen LogP contribution in [0.1, 0.15) is 5.56 Å². The molecule has 5 nitrogen and oxygen atoms in total. The smallest absolute Gasteiger partial charge is 0.117 e. The molecule has 0 fully saturated rings. The van der Waals surface area contributed by atoms with Gasteiger partial charge in [-0.1, -0.05) is 11.6 Å². The van der Waals surface area contributed by atoms with E-state index in [9.17, 15) is 9.65 Å². The summed E-state index contributed by atoms with van der Waals surface area (Å²) in [6.07, 6.45) is 6.02. The second-order valence-corrected chi connectivity index (χ2v) is 5.59. The van der Waals surface area contributed by atoms with E-state index in [2.05, 4.69) is 16.0 Å². The third-order valence-corrected chi connectivity index (χ3v) is 3.74. The van der Waals surface area contributed by atoms with Crippen molar-refractivity contribution in [1.29, 1.82) is 5.26 Å². The molecule has 0 aliphatic heterocycles. The monoisotopic (exact) mass is 341 g/mol. The molecule has 0 aliphatic rings. The highest BCUT2D eigenvalue weighted by molar-refractivity contribution is 6.30. The molecule has 3 rings (SSSR count). The summed E-state index contributed by atoms with van der Waals surface area (Å²) >= 11 is 6.01. The van der Waals surface area contributed by atoms with E-state index in [-0.39, 0.29) is 18.9 Å². The van der Waals surface area contributed by atoms with Gasteiger partial charge in [-0.05, 0) is 24.3 Å². The minimum atomic E-state index is -0.356. The van der Waals surface area contributed by atoms with Crippen molar-refractivity contribution >= 4 is 22.6 Å². The number of nitriles is 1. The lowest BCUT2D eigenvalue weighted by Crippen LogP contribution is -2.00. The molecule has 24 heavy (non-hydrogen) atoms. The molecular weight excluding hydrogens is 329 g/mol. The van der Waals surface area contributed by atoms with Crippen LogP contribution in [-0.4, -0.2) is 21.1 Å². The molecule has 2 N–H and O–H groups in total. The minimum Gasteiger partial charge on any atom is -0.327 e. The van der Waals surface area contributed by atoms with Crippen LogP contribution in [0.15, 0.2) is 48.8 Å². The fraction of sp³-hybridized carbons (Fsp3) is 0.118. The van der Waals surface area contributed by atoms with Crippen molar-refractivity contribution in [2.75, 3.05) is 6.54 Å². The lowest BCUT2D eigenvalue weighted by molar-refractivity contribution is 0.558. The highest BCUT2D eigenvalue weighted by Crippen LogP contribution is 2.30. The summed E-state index contributed by atoms with van der Waals surface area (Å²) in [6.45, 7) is 0.136. The lowest BCUT2D eigenvalue weighted by Gasteiger charge is -2.07. The van der Waals surface area contributed by atoms with Crippen LogP contribution in [0.5, 0.6) is 0 Å². The van der Waals surface area contributed by atoms with Gasteiger partial charge in [-0.15, -0.1) is 0 Å². The molecule has 0 saturated heterocycles.